The van der Waals surface area contributed by atoms with E-state index in [0.29, 0.717) is 11.8 Å². The summed E-state index contributed by atoms with van der Waals surface area (Å²) in [6.07, 6.45) is 12.0. The van der Waals surface area contributed by atoms with Crippen LogP contribution in [0.4, 0.5) is 0 Å². The second-order valence-electron chi connectivity index (χ2n) is 10.6. The van der Waals surface area contributed by atoms with Crippen molar-refractivity contribution in [1.29, 1.82) is 0 Å². The lowest BCUT2D eigenvalue weighted by Crippen LogP contribution is -2.39. The van der Waals surface area contributed by atoms with Crippen LogP contribution in [-0.2, 0) is 0 Å². The fourth-order valence-corrected chi connectivity index (χ4v) is 11.3. The standard InChI is InChI=1S/C34H32Si/c1-23-21-31-27(25-13-7-5-8-14-25)17-11-19-29(31)33(23)35(3,4)34-24(2)22-32-28(18-12-20-30(32)34)26-15-9-6-10-16-26/h5-23,32H,1-4H3. The van der Waals surface area contributed by atoms with E-state index in [1.165, 1.54) is 43.8 Å². The number of benzene rings is 3. The predicted molar refractivity (Wildman–Crippen MR) is 153 cm³/mol. The van der Waals surface area contributed by atoms with E-state index in [-0.39, 0.29) is 0 Å². The van der Waals surface area contributed by atoms with Gasteiger partial charge in [0.1, 0.15) is 8.07 Å². The Hall–Kier alpha value is -3.42. The Bertz CT molecular complexity index is 1560. The summed E-state index contributed by atoms with van der Waals surface area (Å²) in [6.45, 7) is 9.90. The number of fused-ring (bicyclic) bond motifs is 2. The predicted octanol–water partition coefficient (Wildman–Crippen LogP) is 7.25. The Labute approximate surface area is 210 Å². The van der Waals surface area contributed by atoms with Crippen LogP contribution in [0, 0.1) is 11.8 Å². The second-order valence-corrected chi connectivity index (χ2v) is 14.9. The largest absolute Gasteiger partial charge is 0.109 e. The molecule has 0 aromatic heterocycles. The molecule has 0 N–H and O–H groups in total. The van der Waals surface area contributed by atoms with E-state index in [1.54, 1.807) is 10.4 Å². The molecule has 0 saturated carbocycles. The van der Waals surface area contributed by atoms with Crippen LogP contribution < -0.4 is 10.4 Å². The van der Waals surface area contributed by atoms with Crippen molar-refractivity contribution in [2.75, 3.05) is 0 Å². The highest BCUT2D eigenvalue weighted by Crippen LogP contribution is 2.48. The van der Waals surface area contributed by atoms with Crippen LogP contribution in [0.2, 0.25) is 13.1 Å². The molecule has 3 aliphatic carbocycles. The molecule has 2 atom stereocenters. The molecule has 35 heavy (non-hydrogen) atoms. The van der Waals surface area contributed by atoms with Crippen molar-refractivity contribution in [3.63, 3.8) is 0 Å². The summed E-state index contributed by atoms with van der Waals surface area (Å²) in [5.41, 5.74) is 8.41. The van der Waals surface area contributed by atoms with Crippen LogP contribution >= 0.6 is 0 Å². The Kier molecular flexibility index (Phi) is 5.27. The third kappa shape index (κ3) is 3.49. The average Bonchev–Trinajstić information content (AvgIpc) is 3.41. The molecule has 0 amide bonds. The first-order valence-electron chi connectivity index (χ1n) is 12.7. The van der Waals surface area contributed by atoms with E-state index in [1.807, 2.05) is 0 Å². The minimum Gasteiger partial charge on any atom is -0.0698 e. The Balaban J connectivity index is 1.52. The molecular weight excluding hydrogens is 436 g/mol. The van der Waals surface area contributed by atoms with Gasteiger partial charge in [0.25, 0.3) is 0 Å². The first-order chi connectivity index (χ1) is 17.0. The third-order valence-corrected chi connectivity index (χ3v) is 12.1. The topological polar surface area (TPSA) is 0 Å². The lowest BCUT2D eigenvalue weighted by atomic mass is 9.85. The highest BCUT2D eigenvalue weighted by molar-refractivity contribution is 7.00. The molecule has 0 spiro atoms. The van der Waals surface area contributed by atoms with Gasteiger partial charge < -0.3 is 0 Å². The molecular formula is C34H32Si. The highest BCUT2D eigenvalue weighted by atomic mass is 28.3. The molecule has 0 radical (unpaired) electrons. The van der Waals surface area contributed by atoms with Gasteiger partial charge in [-0.15, -0.1) is 0 Å². The quantitative estimate of drug-likeness (QED) is 0.354. The normalized spacial score (nSPS) is 20.9. The third-order valence-electron chi connectivity index (χ3n) is 8.08. The fraction of sp³-hybridized carbons (Fsp3) is 0.176. The molecule has 3 aromatic rings. The van der Waals surface area contributed by atoms with Crippen LogP contribution in [0.15, 0.2) is 120 Å². The average molecular weight is 469 g/mol. The van der Waals surface area contributed by atoms with E-state index >= 15 is 0 Å². The molecule has 0 aliphatic heterocycles. The van der Waals surface area contributed by atoms with Crippen molar-refractivity contribution in [3.05, 3.63) is 136 Å². The molecule has 0 saturated heterocycles. The van der Waals surface area contributed by atoms with Crippen molar-refractivity contribution in [2.24, 2.45) is 11.8 Å². The molecule has 0 fully saturated rings. The minimum absolute atomic E-state index is 0.362. The molecule has 0 bridgehead atoms. The van der Waals surface area contributed by atoms with E-state index in [0.717, 1.165) is 0 Å². The summed E-state index contributed by atoms with van der Waals surface area (Å²) in [5.74, 6) is 0.814. The van der Waals surface area contributed by atoms with Crippen molar-refractivity contribution in [2.45, 2.75) is 26.9 Å². The monoisotopic (exact) mass is 468 g/mol. The van der Waals surface area contributed by atoms with Crippen molar-refractivity contribution in [3.8, 4) is 11.1 Å². The molecule has 0 heterocycles. The maximum atomic E-state index is 2.58. The SMILES string of the molecule is CC1=CC2C(c3ccccc3)=CC=CC2=C1[Si](C)(C)C1=c2cccc(-c3ccccc3)c2=CC1C. The van der Waals surface area contributed by atoms with Crippen LogP contribution in [0.1, 0.15) is 19.4 Å². The molecule has 172 valence electrons. The van der Waals surface area contributed by atoms with E-state index in [9.17, 15) is 0 Å². The molecule has 1 heteroatoms. The highest BCUT2D eigenvalue weighted by Gasteiger charge is 2.41. The summed E-state index contributed by atoms with van der Waals surface area (Å²) in [6, 6.07) is 28.7. The Morgan fingerprint density at radius 1 is 0.743 bits per heavy atom. The van der Waals surface area contributed by atoms with Gasteiger partial charge in [-0.3, -0.25) is 0 Å². The van der Waals surface area contributed by atoms with Gasteiger partial charge in [-0.2, -0.15) is 0 Å². The van der Waals surface area contributed by atoms with Crippen molar-refractivity contribution >= 4 is 24.9 Å². The summed E-state index contributed by atoms with van der Waals surface area (Å²) >= 11 is 0. The van der Waals surface area contributed by atoms with E-state index in [4.69, 9.17) is 0 Å². The summed E-state index contributed by atoms with van der Waals surface area (Å²) in [4.78, 5) is 0. The summed E-state index contributed by atoms with van der Waals surface area (Å²) in [7, 11) is -1.96. The number of hydrogen-bond acceptors (Lipinski definition) is 0. The first kappa shape index (κ1) is 22.1. The lowest BCUT2D eigenvalue weighted by Gasteiger charge is -2.32. The smallest absolute Gasteiger partial charge is 0.0698 e. The van der Waals surface area contributed by atoms with Crippen LogP contribution in [-0.4, -0.2) is 8.07 Å². The van der Waals surface area contributed by atoms with Gasteiger partial charge in [0, 0.05) is 5.92 Å². The van der Waals surface area contributed by atoms with Crippen molar-refractivity contribution < 1.29 is 0 Å². The zero-order chi connectivity index (χ0) is 24.2. The van der Waals surface area contributed by atoms with Gasteiger partial charge in [0.15, 0.2) is 0 Å². The molecule has 3 aromatic carbocycles. The zero-order valence-electron chi connectivity index (χ0n) is 21.0. The van der Waals surface area contributed by atoms with Gasteiger partial charge >= 0.3 is 0 Å². The maximum absolute atomic E-state index is 2.58. The Morgan fingerprint density at radius 3 is 2.14 bits per heavy atom. The second kappa shape index (κ2) is 8.36. The van der Waals surface area contributed by atoms with Gasteiger partial charge in [0.2, 0.25) is 0 Å². The van der Waals surface area contributed by atoms with Gasteiger partial charge in [-0.05, 0) is 56.3 Å². The van der Waals surface area contributed by atoms with Gasteiger partial charge in [-0.1, -0.05) is 140 Å². The number of allylic oxidation sites excluding steroid dienone is 8. The molecule has 0 nitrogen and oxygen atoms in total. The molecule has 2 unspecified atom stereocenters. The van der Waals surface area contributed by atoms with Crippen LogP contribution in [0.3, 0.4) is 0 Å². The Morgan fingerprint density at radius 2 is 1.43 bits per heavy atom. The first-order valence-corrected chi connectivity index (χ1v) is 15.7. The van der Waals surface area contributed by atoms with Gasteiger partial charge in [-0.25, -0.2) is 0 Å². The maximum Gasteiger partial charge on any atom is 0.109 e. The fourth-order valence-electron chi connectivity index (χ4n) is 6.84. The summed E-state index contributed by atoms with van der Waals surface area (Å²) < 4.78 is 0. The van der Waals surface area contributed by atoms with Crippen LogP contribution in [0.25, 0.3) is 28.0 Å². The zero-order valence-corrected chi connectivity index (χ0v) is 22.0. The molecule has 3 aliphatic rings. The number of rotatable bonds is 4. The number of hydrogen-bond donors (Lipinski definition) is 0. The van der Waals surface area contributed by atoms with E-state index < -0.39 is 8.07 Å². The lowest BCUT2D eigenvalue weighted by molar-refractivity contribution is 1.03. The van der Waals surface area contributed by atoms with Crippen LogP contribution in [0.5, 0.6) is 0 Å². The molecule has 6 rings (SSSR count). The van der Waals surface area contributed by atoms with E-state index in [2.05, 4.69) is 136 Å². The van der Waals surface area contributed by atoms with Crippen molar-refractivity contribution in [1.82, 2.24) is 0 Å². The summed E-state index contributed by atoms with van der Waals surface area (Å²) in [5, 5.41) is 6.20. The minimum atomic E-state index is -1.96. The van der Waals surface area contributed by atoms with Gasteiger partial charge in [0.05, 0.1) is 0 Å².